The lowest BCUT2D eigenvalue weighted by Gasteiger charge is -2.33. The van der Waals surface area contributed by atoms with E-state index in [1.165, 1.54) is 0 Å². The topological polar surface area (TPSA) is 64.3 Å². The molecule has 0 aliphatic carbocycles. The summed E-state index contributed by atoms with van der Waals surface area (Å²) in [6.45, 7) is 10.4. The number of nitrogens with zero attached hydrogens (tertiary/aromatic N) is 3. The average molecular weight is 280 g/mol. The van der Waals surface area contributed by atoms with E-state index in [4.69, 9.17) is 10.5 Å². The summed E-state index contributed by atoms with van der Waals surface area (Å²) >= 11 is 0. The van der Waals surface area contributed by atoms with E-state index >= 15 is 0 Å². The molecule has 0 spiro atoms. The van der Waals surface area contributed by atoms with Crippen LogP contribution in [0, 0.1) is 13.8 Å². The van der Waals surface area contributed by atoms with Gasteiger partial charge < -0.3 is 15.4 Å². The van der Waals surface area contributed by atoms with Crippen molar-refractivity contribution in [2.24, 2.45) is 5.73 Å². The van der Waals surface area contributed by atoms with Crippen molar-refractivity contribution in [3.63, 3.8) is 0 Å². The molecule has 0 atom stereocenters. The highest BCUT2D eigenvalue weighted by Crippen LogP contribution is 2.25. The Labute approximate surface area is 122 Å². The van der Waals surface area contributed by atoms with Gasteiger partial charge in [-0.2, -0.15) is 5.10 Å². The molecule has 1 rings (SSSR count). The minimum atomic E-state index is 0.437. The van der Waals surface area contributed by atoms with Crippen molar-refractivity contribution in [3.05, 3.63) is 16.8 Å². The summed E-state index contributed by atoms with van der Waals surface area (Å²) < 4.78 is 5.24. The van der Waals surface area contributed by atoms with Crippen LogP contribution in [0.2, 0.25) is 0 Å². The summed E-state index contributed by atoms with van der Waals surface area (Å²) in [7, 11) is 1.72. The van der Waals surface area contributed by atoms with Crippen molar-refractivity contribution in [1.29, 1.82) is 0 Å². The molecule has 0 fully saturated rings. The third-order valence-corrected chi connectivity index (χ3v) is 3.96. The first-order valence-electron chi connectivity index (χ1n) is 7.38. The zero-order valence-electron chi connectivity index (χ0n) is 13.4. The Balaban J connectivity index is 3.21. The van der Waals surface area contributed by atoms with Gasteiger partial charge in [-0.05, 0) is 32.3 Å². The fourth-order valence-electron chi connectivity index (χ4n) is 2.50. The lowest BCUT2D eigenvalue weighted by Crippen LogP contribution is -2.39. The second kappa shape index (κ2) is 8.17. The normalized spacial score (nSPS) is 11.2. The Morgan fingerprint density at radius 2 is 1.85 bits per heavy atom. The molecule has 1 aromatic heterocycles. The third kappa shape index (κ3) is 3.67. The highest BCUT2D eigenvalue weighted by atomic mass is 16.5. The molecule has 1 aromatic rings. The van der Waals surface area contributed by atoms with Gasteiger partial charge in [-0.3, -0.25) is 0 Å². The van der Waals surface area contributed by atoms with Gasteiger partial charge in [0.1, 0.15) is 0 Å². The molecule has 0 saturated heterocycles. The first kappa shape index (κ1) is 16.9. The average Bonchev–Trinajstić information content (AvgIpc) is 2.46. The van der Waals surface area contributed by atoms with Crippen LogP contribution in [-0.2, 0) is 11.3 Å². The number of rotatable bonds is 8. The number of methoxy groups -OCH3 is 1. The van der Waals surface area contributed by atoms with Crippen LogP contribution in [0.25, 0.3) is 0 Å². The van der Waals surface area contributed by atoms with Gasteiger partial charge in [0.25, 0.3) is 0 Å². The lowest BCUT2D eigenvalue weighted by atomic mass is 10.1. The molecule has 0 amide bonds. The van der Waals surface area contributed by atoms with Gasteiger partial charge in [0.05, 0.1) is 12.3 Å². The number of ether oxygens (including phenoxy) is 1. The van der Waals surface area contributed by atoms with Crippen LogP contribution in [-0.4, -0.2) is 36.5 Å². The number of hydrogen-bond donors (Lipinski definition) is 1. The Kier molecular flexibility index (Phi) is 6.88. The van der Waals surface area contributed by atoms with E-state index in [2.05, 4.69) is 35.9 Å². The number of aromatic nitrogens is 2. The molecule has 0 unspecified atom stereocenters. The zero-order chi connectivity index (χ0) is 15.1. The van der Waals surface area contributed by atoms with Crippen molar-refractivity contribution in [2.75, 3.05) is 25.2 Å². The summed E-state index contributed by atoms with van der Waals surface area (Å²) in [5, 5.41) is 8.70. The van der Waals surface area contributed by atoms with Crippen molar-refractivity contribution in [3.8, 4) is 0 Å². The molecule has 2 N–H and O–H groups in total. The molecular formula is C15H28N4O. The maximum absolute atomic E-state index is 5.94. The largest absolute Gasteiger partial charge is 0.383 e. The Morgan fingerprint density at radius 3 is 2.35 bits per heavy atom. The molecule has 0 radical (unpaired) electrons. The smallest absolute Gasteiger partial charge is 0.156 e. The first-order valence-corrected chi connectivity index (χ1v) is 7.38. The van der Waals surface area contributed by atoms with Crippen molar-refractivity contribution in [1.82, 2.24) is 10.2 Å². The van der Waals surface area contributed by atoms with Crippen LogP contribution in [0.5, 0.6) is 0 Å². The molecule has 114 valence electrons. The molecule has 0 aliphatic rings. The SMILES string of the molecule is CCC(CC)N(CCOC)c1nnc(C)c(C)c1CN. The summed E-state index contributed by atoms with van der Waals surface area (Å²) in [4.78, 5) is 2.30. The van der Waals surface area contributed by atoms with Crippen molar-refractivity contribution in [2.45, 2.75) is 53.1 Å². The van der Waals surface area contributed by atoms with Crippen LogP contribution < -0.4 is 10.6 Å². The number of hydrogen-bond acceptors (Lipinski definition) is 5. The van der Waals surface area contributed by atoms with Gasteiger partial charge in [0.2, 0.25) is 0 Å². The van der Waals surface area contributed by atoms with Gasteiger partial charge >= 0.3 is 0 Å². The molecular weight excluding hydrogens is 252 g/mol. The van der Waals surface area contributed by atoms with Crippen LogP contribution in [0.1, 0.15) is 43.5 Å². The Hall–Kier alpha value is -1.20. The molecule has 0 aromatic carbocycles. The van der Waals surface area contributed by atoms with Crippen LogP contribution in [0.15, 0.2) is 0 Å². The van der Waals surface area contributed by atoms with E-state index in [1.54, 1.807) is 7.11 Å². The Morgan fingerprint density at radius 1 is 1.20 bits per heavy atom. The molecule has 0 saturated carbocycles. The van der Waals surface area contributed by atoms with E-state index < -0.39 is 0 Å². The van der Waals surface area contributed by atoms with E-state index in [0.29, 0.717) is 19.2 Å². The molecule has 5 heteroatoms. The minimum Gasteiger partial charge on any atom is -0.383 e. The maximum atomic E-state index is 5.94. The molecule has 0 aliphatic heterocycles. The molecule has 5 nitrogen and oxygen atoms in total. The fraction of sp³-hybridized carbons (Fsp3) is 0.733. The van der Waals surface area contributed by atoms with Gasteiger partial charge in [-0.1, -0.05) is 13.8 Å². The van der Waals surface area contributed by atoms with Gasteiger partial charge in [-0.15, -0.1) is 5.10 Å². The fourth-order valence-corrected chi connectivity index (χ4v) is 2.50. The number of aryl methyl sites for hydroxylation is 1. The highest BCUT2D eigenvalue weighted by molar-refractivity contribution is 5.51. The second-order valence-corrected chi connectivity index (χ2v) is 5.07. The predicted octanol–water partition coefficient (Wildman–Crippen LogP) is 2.19. The minimum absolute atomic E-state index is 0.437. The van der Waals surface area contributed by atoms with Crippen LogP contribution >= 0.6 is 0 Å². The maximum Gasteiger partial charge on any atom is 0.156 e. The monoisotopic (exact) mass is 280 g/mol. The standard InChI is InChI=1S/C15H28N4O/c1-6-13(7-2)19(8-9-20-5)15-14(10-16)11(3)12(4)17-18-15/h13H,6-10,16H2,1-5H3. The molecule has 1 heterocycles. The predicted molar refractivity (Wildman–Crippen MR) is 83.0 cm³/mol. The third-order valence-electron chi connectivity index (χ3n) is 3.96. The zero-order valence-corrected chi connectivity index (χ0v) is 13.4. The first-order chi connectivity index (χ1) is 9.60. The van der Waals surface area contributed by atoms with E-state index in [9.17, 15) is 0 Å². The van der Waals surface area contributed by atoms with E-state index in [-0.39, 0.29) is 0 Å². The van der Waals surface area contributed by atoms with Gasteiger partial charge in [-0.25, -0.2) is 0 Å². The summed E-state index contributed by atoms with van der Waals surface area (Å²) in [6, 6.07) is 0.437. The summed E-state index contributed by atoms with van der Waals surface area (Å²) in [5.74, 6) is 0.918. The molecule has 0 bridgehead atoms. The van der Waals surface area contributed by atoms with Crippen LogP contribution in [0.3, 0.4) is 0 Å². The van der Waals surface area contributed by atoms with Gasteiger partial charge in [0.15, 0.2) is 5.82 Å². The summed E-state index contributed by atoms with van der Waals surface area (Å²) in [6.07, 6.45) is 2.14. The number of anilines is 1. The van der Waals surface area contributed by atoms with Gasteiger partial charge in [0, 0.05) is 31.8 Å². The number of nitrogens with two attached hydrogens (primary N) is 1. The molecule has 20 heavy (non-hydrogen) atoms. The van der Waals surface area contributed by atoms with Crippen LogP contribution in [0.4, 0.5) is 5.82 Å². The second-order valence-electron chi connectivity index (χ2n) is 5.07. The van der Waals surface area contributed by atoms with E-state index in [0.717, 1.165) is 42.0 Å². The lowest BCUT2D eigenvalue weighted by molar-refractivity contribution is 0.202. The van der Waals surface area contributed by atoms with E-state index in [1.807, 2.05) is 6.92 Å². The Bertz CT molecular complexity index is 419. The summed E-state index contributed by atoms with van der Waals surface area (Å²) in [5.41, 5.74) is 9.14. The van der Waals surface area contributed by atoms with Crippen molar-refractivity contribution >= 4 is 5.82 Å². The quantitative estimate of drug-likeness (QED) is 0.791. The highest BCUT2D eigenvalue weighted by Gasteiger charge is 2.21. The van der Waals surface area contributed by atoms with Crippen molar-refractivity contribution < 1.29 is 4.74 Å².